The Hall–Kier alpha value is -0.380. The van der Waals surface area contributed by atoms with E-state index < -0.39 is 0 Å². The van der Waals surface area contributed by atoms with Gasteiger partial charge in [0.1, 0.15) is 0 Å². The summed E-state index contributed by atoms with van der Waals surface area (Å²) < 4.78 is 7.22. The number of carbonyl (C=O) groups excluding carboxylic acids is 1. The number of ether oxygens (including phenoxy) is 1. The summed E-state index contributed by atoms with van der Waals surface area (Å²) in [6.07, 6.45) is -0.349. The first-order chi connectivity index (χ1) is 5.16. The highest BCUT2D eigenvalue weighted by Crippen LogP contribution is 2.02. The summed E-state index contributed by atoms with van der Waals surface area (Å²) >= 11 is 1.38. The van der Waals surface area contributed by atoms with E-state index in [4.69, 9.17) is 0 Å². The van der Waals surface area contributed by atoms with E-state index in [2.05, 4.69) is 23.3 Å². The fourth-order valence-corrected chi connectivity index (χ4v) is 1.02. The fraction of sp³-hybridized carbons (Fsp3) is 0.857. The van der Waals surface area contributed by atoms with Crippen molar-refractivity contribution in [3.8, 4) is 0 Å². The minimum atomic E-state index is -0.349. The van der Waals surface area contributed by atoms with Gasteiger partial charge >= 0.3 is 6.09 Å². The van der Waals surface area contributed by atoms with Crippen LogP contribution < -0.4 is 4.72 Å². The van der Waals surface area contributed by atoms with Crippen molar-refractivity contribution in [1.82, 2.24) is 4.72 Å². The van der Waals surface area contributed by atoms with Crippen LogP contribution in [0.3, 0.4) is 0 Å². The normalized spacial score (nSPS) is 9.82. The fourth-order valence-electron chi connectivity index (χ4n) is 0.428. The van der Waals surface area contributed by atoms with Crippen molar-refractivity contribution < 1.29 is 9.53 Å². The van der Waals surface area contributed by atoms with Gasteiger partial charge in [-0.15, -0.1) is 0 Å². The quantitative estimate of drug-likeness (QED) is 0.668. The molecule has 0 spiro atoms. The average molecular weight is 177 g/mol. The second kappa shape index (κ2) is 6.34. The molecule has 0 bridgehead atoms. The van der Waals surface area contributed by atoms with Crippen LogP contribution in [0.1, 0.15) is 20.8 Å². The molecule has 11 heavy (non-hydrogen) atoms. The molecule has 0 aliphatic rings. The SMILES string of the molecule is CCOC(=O)NSCC(C)C. The van der Waals surface area contributed by atoms with Crippen LogP contribution in [0.4, 0.5) is 4.79 Å². The molecule has 0 aliphatic heterocycles. The van der Waals surface area contributed by atoms with Gasteiger partial charge in [0.05, 0.1) is 6.61 Å². The summed E-state index contributed by atoms with van der Waals surface area (Å²) in [5, 5.41) is 0. The van der Waals surface area contributed by atoms with E-state index in [0.717, 1.165) is 5.75 Å². The second-order valence-electron chi connectivity index (χ2n) is 2.53. The van der Waals surface area contributed by atoms with E-state index in [-0.39, 0.29) is 6.09 Å². The highest BCUT2D eigenvalue weighted by molar-refractivity contribution is 7.97. The first-order valence-electron chi connectivity index (χ1n) is 3.71. The third kappa shape index (κ3) is 7.52. The number of hydrogen-bond donors (Lipinski definition) is 1. The Labute approximate surface area is 72.0 Å². The predicted octanol–water partition coefficient (Wildman–Crippen LogP) is 2.04. The summed E-state index contributed by atoms with van der Waals surface area (Å²) in [7, 11) is 0. The van der Waals surface area contributed by atoms with Crippen LogP contribution in [0, 0.1) is 5.92 Å². The van der Waals surface area contributed by atoms with Gasteiger partial charge in [-0.1, -0.05) is 13.8 Å². The van der Waals surface area contributed by atoms with Gasteiger partial charge in [0.2, 0.25) is 0 Å². The van der Waals surface area contributed by atoms with Gasteiger partial charge < -0.3 is 4.74 Å². The largest absolute Gasteiger partial charge is 0.449 e. The minimum absolute atomic E-state index is 0.349. The third-order valence-electron chi connectivity index (χ3n) is 0.848. The maximum atomic E-state index is 10.7. The lowest BCUT2D eigenvalue weighted by Gasteiger charge is -2.05. The zero-order valence-electron chi connectivity index (χ0n) is 7.22. The van der Waals surface area contributed by atoms with E-state index in [9.17, 15) is 4.79 Å². The summed E-state index contributed by atoms with van der Waals surface area (Å²) in [5.74, 6) is 1.50. The van der Waals surface area contributed by atoms with Crippen molar-refractivity contribution in [2.75, 3.05) is 12.4 Å². The van der Waals surface area contributed by atoms with Crippen LogP contribution in [-0.4, -0.2) is 18.5 Å². The molecule has 4 heteroatoms. The lowest BCUT2D eigenvalue weighted by Crippen LogP contribution is -2.18. The standard InChI is InChI=1S/C7H15NO2S/c1-4-10-7(9)8-11-5-6(2)3/h6H,4-5H2,1-3H3,(H,8,9). The second-order valence-corrected chi connectivity index (χ2v) is 3.35. The van der Waals surface area contributed by atoms with Crippen LogP contribution in [0.15, 0.2) is 0 Å². The van der Waals surface area contributed by atoms with Crippen molar-refractivity contribution in [1.29, 1.82) is 0 Å². The Morgan fingerprint density at radius 3 is 2.73 bits per heavy atom. The number of rotatable bonds is 4. The van der Waals surface area contributed by atoms with Crippen molar-refractivity contribution >= 4 is 18.0 Å². The van der Waals surface area contributed by atoms with Gasteiger partial charge in [-0.25, -0.2) is 4.79 Å². The number of carbonyl (C=O) groups is 1. The third-order valence-corrected chi connectivity index (χ3v) is 1.99. The van der Waals surface area contributed by atoms with Crippen molar-refractivity contribution in [2.24, 2.45) is 5.92 Å². The lowest BCUT2D eigenvalue weighted by atomic mass is 10.3. The Morgan fingerprint density at radius 2 is 2.27 bits per heavy atom. The molecule has 0 unspecified atom stereocenters. The Balaban J connectivity index is 3.17. The first-order valence-corrected chi connectivity index (χ1v) is 4.70. The molecule has 3 nitrogen and oxygen atoms in total. The molecule has 1 amide bonds. The molecule has 0 aromatic rings. The maximum absolute atomic E-state index is 10.7. The van der Waals surface area contributed by atoms with Crippen LogP contribution >= 0.6 is 11.9 Å². The summed E-state index contributed by atoms with van der Waals surface area (Å²) in [6, 6.07) is 0. The molecule has 0 saturated carbocycles. The monoisotopic (exact) mass is 177 g/mol. The van der Waals surface area contributed by atoms with Crippen molar-refractivity contribution in [2.45, 2.75) is 20.8 Å². The molecule has 0 rings (SSSR count). The van der Waals surface area contributed by atoms with Gasteiger partial charge in [0.25, 0.3) is 0 Å². The highest BCUT2D eigenvalue weighted by atomic mass is 32.2. The van der Waals surface area contributed by atoms with Gasteiger partial charge in [0.15, 0.2) is 0 Å². The van der Waals surface area contributed by atoms with Gasteiger partial charge in [0, 0.05) is 5.75 Å². The molecule has 0 aromatic heterocycles. The smallest absolute Gasteiger partial charge is 0.417 e. The average Bonchev–Trinajstić information content (AvgIpc) is 1.87. The van der Waals surface area contributed by atoms with Crippen LogP contribution in [0.2, 0.25) is 0 Å². The van der Waals surface area contributed by atoms with Crippen LogP contribution in [-0.2, 0) is 4.74 Å². The molecule has 0 aromatic carbocycles. The number of nitrogens with one attached hydrogen (secondary N) is 1. The zero-order valence-corrected chi connectivity index (χ0v) is 8.03. The Kier molecular flexibility index (Phi) is 6.12. The maximum Gasteiger partial charge on any atom is 0.417 e. The minimum Gasteiger partial charge on any atom is -0.449 e. The summed E-state index contributed by atoms with van der Waals surface area (Å²) in [6.45, 7) is 6.40. The van der Waals surface area contributed by atoms with Gasteiger partial charge in [-0.2, -0.15) is 0 Å². The molecule has 0 heterocycles. The Morgan fingerprint density at radius 1 is 1.64 bits per heavy atom. The van der Waals surface area contributed by atoms with Gasteiger partial charge in [-0.05, 0) is 24.8 Å². The van der Waals surface area contributed by atoms with E-state index in [0.29, 0.717) is 12.5 Å². The molecule has 0 aliphatic carbocycles. The molecular weight excluding hydrogens is 162 g/mol. The van der Waals surface area contributed by atoms with E-state index in [1.54, 1.807) is 6.92 Å². The van der Waals surface area contributed by atoms with E-state index in [1.165, 1.54) is 11.9 Å². The van der Waals surface area contributed by atoms with E-state index >= 15 is 0 Å². The molecular formula is C7H15NO2S. The highest BCUT2D eigenvalue weighted by Gasteiger charge is 1.99. The molecule has 0 radical (unpaired) electrons. The predicted molar refractivity (Wildman–Crippen MR) is 47.5 cm³/mol. The molecule has 1 N–H and O–H groups in total. The summed E-state index contributed by atoms with van der Waals surface area (Å²) in [5.41, 5.74) is 0. The first kappa shape index (κ1) is 10.6. The topological polar surface area (TPSA) is 38.3 Å². The van der Waals surface area contributed by atoms with Crippen molar-refractivity contribution in [3.05, 3.63) is 0 Å². The van der Waals surface area contributed by atoms with Crippen LogP contribution in [0.25, 0.3) is 0 Å². The number of amides is 1. The molecule has 0 atom stereocenters. The van der Waals surface area contributed by atoms with Crippen molar-refractivity contribution in [3.63, 3.8) is 0 Å². The molecule has 0 saturated heterocycles. The van der Waals surface area contributed by atoms with E-state index in [1.807, 2.05) is 0 Å². The molecule has 66 valence electrons. The van der Waals surface area contributed by atoms with Crippen LogP contribution in [0.5, 0.6) is 0 Å². The zero-order chi connectivity index (χ0) is 8.69. The number of hydrogen-bond acceptors (Lipinski definition) is 3. The Bertz CT molecular complexity index is 117. The van der Waals surface area contributed by atoms with Gasteiger partial charge in [-0.3, -0.25) is 4.72 Å². The summed E-state index contributed by atoms with van der Waals surface area (Å²) in [4.78, 5) is 10.7. The lowest BCUT2D eigenvalue weighted by molar-refractivity contribution is 0.159. The molecule has 0 fully saturated rings.